The van der Waals surface area contributed by atoms with Crippen LogP contribution in [0.5, 0.6) is 0 Å². The number of azo groups is 1. The topological polar surface area (TPSA) is 63.1 Å². The standard InChI is InChI=1S/C6H6.C3H4N4/c1-2-4-6-5-3-1;1-2-5-3(4)7-6-2/h1-6H;1H2,(H2,4,5). The molecule has 0 aliphatic carbocycles. The third-order valence-electron chi connectivity index (χ3n) is 1.18. The Balaban J connectivity index is 0.000000132. The fourth-order valence-electron chi connectivity index (χ4n) is 0.671. The molecular formula is C9H10N4. The van der Waals surface area contributed by atoms with Gasteiger partial charge in [-0.25, -0.2) is 0 Å². The van der Waals surface area contributed by atoms with E-state index in [9.17, 15) is 0 Å². The van der Waals surface area contributed by atoms with Crippen molar-refractivity contribution in [3.8, 4) is 0 Å². The van der Waals surface area contributed by atoms with E-state index in [-0.39, 0.29) is 5.96 Å². The second-order valence-corrected chi connectivity index (χ2v) is 2.24. The van der Waals surface area contributed by atoms with Crippen LogP contribution in [-0.2, 0) is 0 Å². The van der Waals surface area contributed by atoms with Gasteiger partial charge in [0.15, 0.2) is 5.82 Å². The van der Waals surface area contributed by atoms with Crippen LogP contribution in [0.2, 0.25) is 0 Å². The third-order valence-corrected chi connectivity index (χ3v) is 1.18. The highest BCUT2D eigenvalue weighted by Crippen LogP contribution is 2.01. The largest absolute Gasteiger partial charge is 0.366 e. The molecule has 4 nitrogen and oxygen atoms in total. The van der Waals surface area contributed by atoms with Gasteiger partial charge in [0.05, 0.1) is 0 Å². The third kappa shape index (κ3) is 3.81. The van der Waals surface area contributed by atoms with E-state index in [1.807, 2.05) is 36.4 Å². The SMILES string of the molecule is C=C1N=NC(N)=N1.c1ccccc1. The Morgan fingerprint density at radius 1 is 0.923 bits per heavy atom. The van der Waals surface area contributed by atoms with E-state index < -0.39 is 0 Å². The van der Waals surface area contributed by atoms with Gasteiger partial charge in [-0.3, -0.25) is 0 Å². The first-order valence-electron chi connectivity index (χ1n) is 3.74. The summed E-state index contributed by atoms with van der Waals surface area (Å²) in [5.74, 6) is 0.558. The Hall–Kier alpha value is -1.97. The highest BCUT2D eigenvalue weighted by atomic mass is 15.3. The zero-order chi connectivity index (χ0) is 9.52. The lowest BCUT2D eigenvalue weighted by Crippen LogP contribution is -2.03. The van der Waals surface area contributed by atoms with Gasteiger partial charge in [-0.1, -0.05) is 43.0 Å². The van der Waals surface area contributed by atoms with Gasteiger partial charge >= 0.3 is 0 Å². The van der Waals surface area contributed by atoms with Gasteiger partial charge in [0.1, 0.15) is 0 Å². The summed E-state index contributed by atoms with van der Waals surface area (Å²) in [4.78, 5) is 3.56. The van der Waals surface area contributed by atoms with Crippen molar-refractivity contribution >= 4 is 5.96 Å². The number of hydrogen-bond donors (Lipinski definition) is 1. The fourth-order valence-corrected chi connectivity index (χ4v) is 0.671. The van der Waals surface area contributed by atoms with Crippen LogP contribution in [0.1, 0.15) is 0 Å². The Bertz CT molecular complexity index is 300. The van der Waals surface area contributed by atoms with Crippen molar-refractivity contribution in [1.82, 2.24) is 0 Å². The number of guanidine groups is 1. The van der Waals surface area contributed by atoms with Gasteiger partial charge in [0, 0.05) is 0 Å². The lowest BCUT2D eigenvalue weighted by Gasteiger charge is -1.71. The lowest BCUT2D eigenvalue weighted by molar-refractivity contribution is 1.21. The number of aliphatic imine (C=N–C) groups is 1. The van der Waals surface area contributed by atoms with E-state index in [2.05, 4.69) is 21.8 Å². The predicted octanol–water partition coefficient (Wildman–Crippen LogP) is 1.92. The molecule has 0 unspecified atom stereocenters. The molecule has 1 aliphatic rings. The van der Waals surface area contributed by atoms with E-state index in [1.165, 1.54) is 0 Å². The van der Waals surface area contributed by atoms with Crippen LogP contribution in [0.15, 0.2) is 64.0 Å². The molecular weight excluding hydrogens is 164 g/mol. The maximum Gasteiger partial charge on any atom is 0.242 e. The second-order valence-electron chi connectivity index (χ2n) is 2.24. The molecule has 0 fully saturated rings. The minimum absolute atomic E-state index is 0.185. The number of nitrogens with zero attached hydrogens (tertiary/aromatic N) is 3. The molecule has 2 rings (SSSR count). The zero-order valence-electron chi connectivity index (χ0n) is 7.09. The average Bonchev–Trinajstić information content (AvgIpc) is 2.54. The smallest absolute Gasteiger partial charge is 0.242 e. The van der Waals surface area contributed by atoms with Crippen molar-refractivity contribution in [2.75, 3.05) is 0 Å². The van der Waals surface area contributed by atoms with Crippen molar-refractivity contribution in [3.05, 3.63) is 48.8 Å². The molecule has 0 saturated heterocycles. The van der Waals surface area contributed by atoms with E-state index in [1.54, 1.807) is 0 Å². The summed E-state index contributed by atoms with van der Waals surface area (Å²) < 4.78 is 0. The van der Waals surface area contributed by atoms with Crippen LogP contribution in [0.3, 0.4) is 0 Å². The van der Waals surface area contributed by atoms with Crippen LogP contribution in [0, 0.1) is 0 Å². The molecule has 0 bridgehead atoms. The fraction of sp³-hybridized carbons (Fsp3) is 0. The molecule has 1 heterocycles. The predicted molar refractivity (Wildman–Crippen MR) is 52.1 cm³/mol. The molecule has 2 N–H and O–H groups in total. The van der Waals surface area contributed by atoms with Crippen molar-refractivity contribution < 1.29 is 0 Å². The molecule has 1 aromatic carbocycles. The van der Waals surface area contributed by atoms with Crippen molar-refractivity contribution in [1.29, 1.82) is 0 Å². The molecule has 0 radical (unpaired) electrons. The van der Waals surface area contributed by atoms with Crippen LogP contribution in [0.4, 0.5) is 0 Å². The molecule has 1 aliphatic heterocycles. The van der Waals surface area contributed by atoms with Crippen molar-refractivity contribution in [2.24, 2.45) is 21.0 Å². The summed E-state index contributed by atoms with van der Waals surface area (Å²) in [6, 6.07) is 12.0. The number of rotatable bonds is 0. The number of benzene rings is 1. The summed E-state index contributed by atoms with van der Waals surface area (Å²) in [6.07, 6.45) is 0. The first kappa shape index (κ1) is 9.12. The van der Waals surface area contributed by atoms with Crippen LogP contribution >= 0.6 is 0 Å². The van der Waals surface area contributed by atoms with Gasteiger partial charge in [-0.15, -0.1) is 10.2 Å². The van der Waals surface area contributed by atoms with Gasteiger partial charge < -0.3 is 5.73 Å². The minimum atomic E-state index is 0.185. The van der Waals surface area contributed by atoms with Crippen molar-refractivity contribution in [3.63, 3.8) is 0 Å². The van der Waals surface area contributed by atoms with E-state index >= 15 is 0 Å². The molecule has 0 atom stereocenters. The molecule has 13 heavy (non-hydrogen) atoms. The van der Waals surface area contributed by atoms with E-state index in [0.717, 1.165) is 0 Å². The number of nitrogens with two attached hydrogens (primary N) is 1. The Morgan fingerprint density at radius 2 is 1.38 bits per heavy atom. The Labute approximate surface area is 76.5 Å². The summed E-state index contributed by atoms with van der Waals surface area (Å²) in [5, 5.41) is 6.79. The zero-order valence-corrected chi connectivity index (χ0v) is 7.09. The summed E-state index contributed by atoms with van der Waals surface area (Å²) in [6.45, 7) is 3.38. The van der Waals surface area contributed by atoms with E-state index in [4.69, 9.17) is 5.73 Å². The van der Waals surface area contributed by atoms with Gasteiger partial charge in [0.25, 0.3) is 0 Å². The molecule has 0 saturated carbocycles. The minimum Gasteiger partial charge on any atom is -0.366 e. The van der Waals surface area contributed by atoms with Crippen LogP contribution < -0.4 is 5.73 Å². The Morgan fingerprint density at radius 3 is 1.54 bits per heavy atom. The quantitative estimate of drug-likeness (QED) is 0.641. The maximum atomic E-state index is 5.05. The van der Waals surface area contributed by atoms with Gasteiger partial charge in [0.2, 0.25) is 5.96 Å². The second kappa shape index (κ2) is 4.82. The molecule has 66 valence electrons. The first-order chi connectivity index (χ1) is 6.29. The van der Waals surface area contributed by atoms with E-state index in [0.29, 0.717) is 5.82 Å². The van der Waals surface area contributed by atoms with Crippen LogP contribution in [0.25, 0.3) is 0 Å². The highest BCUT2D eigenvalue weighted by molar-refractivity contribution is 5.80. The van der Waals surface area contributed by atoms with Crippen LogP contribution in [-0.4, -0.2) is 5.96 Å². The summed E-state index contributed by atoms with van der Waals surface area (Å²) >= 11 is 0. The monoisotopic (exact) mass is 174 g/mol. The molecule has 0 aromatic heterocycles. The molecule has 1 aromatic rings. The maximum absolute atomic E-state index is 5.05. The molecule has 0 spiro atoms. The first-order valence-corrected chi connectivity index (χ1v) is 3.74. The number of hydrogen-bond acceptors (Lipinski definition) is 4. The Kier molecular flexibility index (Phi) is 3.38. The summed E-state index contributed by atoms with van der Waals surface area (Å²) in [7, 11) is 0. The average molecular weight is 174 g/mol. The molecule has 4 heteroatoms. The van der Waals surface area contributed by atoms with Crippen molar-refractivity contribution in [2.45, 2.75) is 0 Å². The normalized spacial score (nSPS) is 13.2. The summed E-state index contributed by atoms with van der Waals surface area (Å²) in [5.41, 5.74) is 5.05. The highest BCUT2D eigenvalue weighted by Gasteiger charge is 1.96. The van der Waals surface area contributed by atoms with Gasteiger partial charge in [-0.2, -0.15) is 4.99 Å². The molecule has 0 amide bonds. The van der Waals surface area contributed by atoms with Gasteiger partial charge in [-0.05, 0) is 0 Å². The lowest BCUT2D eigenvalue weighted by atomic mass is 10.4.